The third kappa shape index (κ3) is 2.30. The van der Waals surface area contributed by atoms with E-state index in [1.54, 1.807) is 18.3 Å². The van der Waals surface area contributed by atoms with Crippen molar-refractivity contribution in [2.24, 2.45) is 5.41 Å². The first kappa shape index (κ1) is 17.8. The molecule has 9 heteroatoms. The van der Waals surface area contributed by atoms with Crippen LogP contribution in [-0.4, -0.2) is 51.8 Å². The van der Waals surface area contributed by atoms with Crippen molar-refractivity contribution in [1.29, 1.82) is 0 Å². The Labute approximate surface area is 166 Å². The molecule has 2 saturated heterocycles. The predicted octanol–water partition coefficient (Wildman–Crippen LogP) is 0.694. The number of aromatic nitrogens is 2. The van der Waals surface area contributed by atoms with Crippen molar-refractivity contribution >= 4 is 29.3 Å². The maximum atomic E-state index is 13.4. The molecule has 2 fully saturated rings. The zero-order valence-corrected chi connectivity index (χ0v) is 16.1. The SMILES string of the molecule is CN1C(=O)NC(=O)C2(Cc3c(nc4ccccn4c3=O)N3CCCCCC32)C1=O. The number of imide groups is 2. The van der Waals surface area contributed by atoms with Crippen molar-refractivity contribution in [2.75, 3.05) is 18.5 Å². The average Bonchev–Trinajstić information content (AvgIpc) is 2.98. The second-order valence-electron chi connectivity index (χ2n) is 7.98. The van der Waals surface area contributed by atoms with Crippen LogP contribution in [0.25, 0.3) is 5.65 Å². The van der Waals surface area contributed by atoms with Gasteiger partial charge in [-0.05, 0) is 25.0 Å². The Bertz CT molecular complexity index is 1130. The number of nitrogens with zero attached hydrogens (tertiary/aromatic N) is 4. The first-order chi connectivity index (χ1) is 13.9. The number of anilines is 1. The Morgan fingerprint density at radius 3 is 2.79 bits per heavy atom. The normalized spacial score (nSPS) is 26.9. The van der Waals surface area contributed by atoms with E-state index in [1.807, 2.05) is 11.0 Å². The summed E-state index contributed by atoms with van der Waals surface area (Å²) in [6.45, 7) is 0.604. The van der Waals surface area contributed by atoms with Crippen LogP contribution in [0.2, 0.25) is 0 Å². The van der Waals surface area contributed by atoms with E-state index in [9.17, 15) is 19.2 Å². The summed E-state index contributed by atoms with van der Waals surface area (Å²) in [5.74, 6) is -0.615. The minimum Gasteiger partial charge on any atom is -0.352 e. The number of rotatable bonds is 0. The number of barbiturate groups is 1. The molecule has 0 radical (unpaired) electrons. The minimum atomic E-state index is -1.51. The van der Waals surface area contributed by atoms with Gasteiger partial charge in [-0.25, -0.2) is 9.78 Å². The zero-order chi connectivity index (χ0) is 20.3. The molecule has 0 saturated carbocycles. The summed E-state index contributed by atoms with van der Waals surface area (Å²) in [6, 6.07) is 4.14. The van der Waals surface area contributed by atoms with E-state index in [-0.39, 0.29) is 12.0 Å². The molecule has 1 spiro atoms. The Morgan fingerprint density at radius 1 is 1.14 bits per heavy atom. The third-order valence-electron chi connectivity index (χ3n) is 6.47. The molecule has 1 N–H and O–H groups in total. The van der Waals surface area contributed by atoms with Gasteiger partial charge in [-0.3, -0.25) is 29.0 Å². The Balaban J connectivity index is 1.79. The highest BCUT2D eigenvalue weighted by Gasteiger charge is 2.62. The lowest BCUT2D eigenvalue weighted by Gasteiger charge is -2.50. The molecule has 0 aliphatic carbocycles. The Hall–Kier alpha value is -3.23. The first-order valence-corrected chi connectivity index (χ1v) is 9.85. The maximum absolute atomic E-state index is 13.4. The molecule has 150 valence electrons. The number of urea groups is 1. The molecule has 9 nitrogen and oxygen atoms in total. The van der Waals surface area contributed by atoms with Crippen molar-refractivity contribution in [3.8, 4) is 0 Å². The van der Waals surface area contributed by atoms with Crippen LogP contribution in [-0.2, 0) is 16.0 Å². The number of fused-ring (bicyclic) bond motifs is 5. The predicted molar refractivity (Wildman–Crippen MR) is 104 cm³/mol. The molecule has 3 aliphatic rings. The van der Waals surface area contributed by atoms with E-state index in [0.29, 0.717) is 30.0 Å². The molecule has 2 atom stereocenters. The largest absolute Gasteiger partial charge is 0.352 e. The van der Waals surface area contributed by atoms with E-state index >= 15 is 0 Å². The quantitative estimate of drug-likeness (QED) is 0.659. The molecule has 5 heterocycles. The van der Waals surface area contributed by atoms with Gasteiger partial charge in [-0.1, -0.05) is 18.9 Å². The van der Waals surface area contributed by atoms with E-state index in [0.717, 1.165) is 24.2 Å². The maximum Gasteiger partial charge on any atom is 0.330 e. The number of pyridine rings is 1. The molecule has 0 bridgehead atoms. The van der Waals surface area contributed by atoms with Crippen LogP contribution in [0.15, 0.2) is 29.2 Å². The first-order valence-electron chi connectivity index (χ1n) is 9.85. The van der Waals surface area contributed by atoms with Gasteiger partial charge in [-0.2, -0.15) is 0 Å². The van der Waals surface area contributed by atoms with Gasteiger partial charge in [0, 0.05) is 26.2 Å². The van der Waals surface area contributed by atoms with Gasteiger partial charge in [0.1, 0.15) is 11.5 Å². The monoisotopic (exact) mass is 395 g/mol. The minimum absolute atomic E-state index is 0.0601. The number of carbonyl (C=O) groups excluding carboxylic acids is 3. The molecule has 29 heavy (non-hydrogen) atoms. The van der Waals surface area contributed by atoms with Crippen LogP contribution in [0.3, 0.4) is 0 Å². The molecule has 3 aliphatic heterocycles. The van der Waals surface area contributed by atoms with Crippen molar-refractivity contribution < 1.29 is 14.4 Å². The highest BCUT2D eigenvalue weighted by molar-refractivity contribution is 6.20. The van der Waals surface area contributed by atoms with Crippen molar-refractivity contribution in [1.82, 2.24) is 19.6 Å². The molecule has 2 unspecified atom stereocenters. The van der Waals surface area contributed by atoms with Crippen molar-refractivity contribution in [2.45, 2.75) is 38.1 Å². The number of amides is 4. The van der Waals surface area contributed by atoms with Gasteiger partial charge in [0.15, 0.2) is 5.41 Å². The van der Waals surface area contributed by atoms with E-state index in [4.69, 9.17) is 4.98 Å². The zero-order valence-electron chi connectivity index (χ0n) is 16.1. The van der Waals surface area contributed by atoms with Crippen LogP contribution in [0.4, 0.5) is 10.6 Å². The topological polar surface area (TPSA) is 104 Å². The lowest BCUT2D eigenvalue weighted by Crippen LogP contribution is -2.71. The Morgan fingerprint density at radius 2 is 1.97 bits per heavy atom. The molecular weight excluding hydrogens is 374 g/mol. The van der Waals surface area contributed by atoms with Crippen LogP contribution in [0.5, 0.6) is 0 Å². The van der Waals surface area contributed by atoms with Crippen LogP contribution in [0, 0.1) is 5.41 Å². The smallest absolute Gasteiger partial charge is 0.330 e. The van der Waals surface area contributed by atoms with E-state index in [2.05, 4.69) is 5.32 Å². The number of hydrogen-bond donors (Lipinski definition) is 1. The van der Waals surface area contributed by atoms with Crippen molar-refractivity contribution in [3.05, 3.63) is 40.3 Å². The van der Waals surface area contributed by atoms with E-state index in [1.165, 1.54) is 11.4 Å². The molecule has 2 aromatic rings. The third-order valence-corrected chi connectivity index (χ3v) is 6.47. The summed E-state index contributed by atoms with van der Waals surface area (Å²) in [5, 5.41) is 2.33. The van der Waals surface area contributed by atoms with Gasteiger partial charge in [0.2, 0.25) is 11.8 Å². The summed E-state index contributed by atoms with van der Waals surface area (Å²) in [5.41, 5.74) is -0.919. The highest BCUT2D eigenvalue weighted by Crippen LogP contribution is 2.45. The summed E-state index contributed by atoms with van der Waals surface area (Å²) < 4.78 is 1.44. The fourth-order valence-electron chi connectivity index (χ4n) is 5.01. The Kier molecular flexibility index (Phi) is 3.77. The van der Waals surface area contributed by atoms with Crippen LogP contribution >= 0.6 is 0 Å². The van der Waals surface area contributed by atoms with Gasteiger partial charge in [0.05, 0.1) is 11.6 Å². The highest BCUT2D eigenvalue weighted by atomic mass is 16.2. The summed E-state index contributed by atoms with van der Waals surface area (Å²) >= 11 is 0. The lowest BCUT2D eigenvalue weighted by molar-refractivity contribution is -0.152. The van der Waals surface area contributed by atoms with Gasteiger partial charge < -0.3 is 4.90 Å². The van der Waals surface area contributed by atoms with Crippen LogP contribution < -0.4 is 15.8 Å². The second-order valence-corrected chi connectivity index (χ2v) is 7.98. The molecular formula is C20H21N5O4. The molecule has 5 rings (SSSR count). The van der Waals surface area contributed by atoms with Gasteiger partial charge in [-0.15, -0.1) is 0 Å². The van der Waals surface area contributed by atoms with Crippen LogP contribution in [0.1, 0.15) is 31.2 Å². The van der Waals surface area contributed by atoms with E-state index < -0.39 is 29.3 Å². The summed E-state index contributed by atoms with van der Waals surface area (Å²) in [4.78, 5) is 59.5. The van der Waals surface area contributed by atoms with Gasteiger partial charge in [0.25, 0.3) is 5.56 Å². The number of carbonyl (C=O) groups is 3. The summed E-state index contributed by atoms with van der Waals surface area (Å²) in [6.07, 6.45) is 4.90. The average molecular weight is 395 g/mol. The fourth-order valence-corrected chi connectivity index (χ4v) is 5.01. The number of hydrogen-bond acceptors (Lipinski definition) is 6. The number of nitrogens with one attached hydrogen (secondary N) is 1. The van der Waals surface area contributed by atoms with Crippen molar-refractivity contribution in [3.63, 3.8) is 0 Å². The fraction of sp³-hybridized carbons (Fsp3) is 0.450. The van der Waals surface area contributed by atoms with Gasteiger partial charge >= 0.3 is 6.03 Å². The standard InChI is InChI=1S/C20H21N5O4/c1-23-18(28)20(17(27)22-19(23)29)11-12-15(24-9-5-2-3-7-13(20)24)21-14-8-4-6-10-25(14)16(12)26/h4,6,8,10,13H,2-3,5,7,9,11H2,1H3,(H,22,27,29). The molecule has 2 aromatic heterocycles. The molecule has 4 amide bonds. The molecule has 0 aromatic carbocycles. The lowest BCUT2D eigenvalue weighted by atomic mass is 9.68. The second kappa shape index (κ2) is 6.13. The summed E-state index contributed by atoms with van der Waals surface area (Å²) in [7, 11) is 1.37.